The van der Waals surface area contributed by atoms with Crippen LogP contribution in [-0.4, -0.2) is 41.9 Å². The Kier molecular flexibility index (Phi) is 4.20. The van der Waals surface area contributed by atoms with Crippen LogP contribution in [0.5, 0.6) is 0 Å². The van der Waals surface area contributed by atoms with E-state index in [0.717, 1.165) is 25.7 Å². The summed E-state index contributed by atoms with van der Waals surface area (Å²) in [5.74, 6) is 0. The Bertz CT molecular complexity index is 188. The predicted octanol–water partition coefficient (Wildman–Crippen LogP) is 1.38. The summed E-state index contributed by atoms with van der Waals surface area (Å²) in [6.07, 6.45) is 2.88. The standard InChI is InChI=1S/C10H19NO3/c1-3-14-10(13)11(2)8-4-6-9(12)7-5-8/h8-9,12H,3-7H2,1-2H3/t8-,9+. The highest BCUT2D eigenvalue weighted by Gasteiger charge is 2.25. The number of ether oxygens (including phenoxy) is 1. The molecule has 1 amide bonds. The molecule has 0 unspecified atom stereocenters. The van der Waals surface area contributed by atoms with E-state index >= 15 is 0 Å². The molecule has 0 bridgehead atoms. The largest absolute Gasteiger partial charge is 0.450 e. The van der Waals surface area contributed by atoms with Gasteiger partial charge in [0, 0.05) is 13.1 Å². The maximum absolute atomic E-state index is 11.4. The smallest absolute Gasteiger partial charge is 0.409 e. The Morgan fingerprint density at radius 2 is 2.00 bits per heavy atom. The van der Waals surface area contributed by atoms with Gasteiger partial charge in [0.05, 0.1) is 12.7 Å². The molecule has 0 heterocycles. The summed E-state index contributed by atoms with van der Waals surface area (Å²) in [6, 6.07) is 0.234. The van der Waals surface area contributed by atoms with Crippen molar-refractivity contribution in [3.63, 3.8) is 0 Å². The van der Waals surface area contributed by atoms with Gasteiger partial charge in [0.2, 0.25) is 0 Å². The van der Waals surface area contributed by atoms with Crippen molar-refractivity contribution in [3.8, 4) is 0 Å². The molecule has 0 radical (unpaired) electrons. The minimum absolute atomic E-state index is 0.179. The van der Waals surface area contributed by atoms with E-state index in [1.807, 2.05) is 0 Å². The van der Waals surface area contributed by atoms with E-state index < -0.39 is 0 Å². The lowest BCUT2D eigenvalue weighted by Crippen LogP contribution is -2.40. The first-order valence-corrected chi connectivity index (χ1v) is 5.22. The van der Waals surface area contributed by atoms with Gasteiger partial charge in [-0.1, -0.05) is 0 Å². The number of carbonyl (C=O) groups is 1. The SMILES string of the molecule is CCOC(=O)N(C)[C@H]1CC[C@@H](O)CC1. The number of hydrogen-bond acceptors (Lipinski definition) is 3. The second-order valence-electron chi connectivity index (χ2n) is 3.77. The Morgan fingerprint density at radius 3 is 2.50 bits per heavy atom. The average Bonchev–Trinajstić information content (AvgIpc) is 2.18. The van der Waals surface area contributed by atoms with Gasteiger partial charge in [0.1, 0.15) is 0 Å². The minimum Gasteiger partial charge on any atom is -0.450 e. The van der Waals surface area contributed by atoms with Crippen LogP contribution in [0.4, 0.5) is 4.79 Å². The first kappa shape index (κ1) is 11.3. The zero-order chi connectivity index (χ0) is 10.6. The average molecular weight is 201 g/mol. The molecule has 4 heteroatoms. The van der Waals surface area contributed by atoms with Crippen LogP contribution in [0.3, 0.4) is 0 Å². The summed E-state index contributed by atoms with van der Waals surface area (Å²) in [7, 11) is 1.76. The quantitative estimate of drug-likeness (QED) is 0.734. The number of amides is 1. The molecule has 1 aliphatic carbocycles. The third-order valence-corrected chi connectivity index (χ3v) is 2.77. The molecular formula is C10H19NO3. The van der Waals surface area contributed by atoms with Crippen LogP contribution in [-0.2, 0) is 4.74 Å². The molecule has 0 aromatic carbocycles. The highest BCUT2D eigenvalue weighted by Crippen LogP contribution is 2.22. The first-order valence-electron chi connectivity index (χ1n) is 5.22. The summed E-state index contributed by atoms with van der Waals surface area (Å²) in [4.78, 5) is 13.0. The summed E-state index contributed by atoms with van der Waals surface area (Å²) < 4.78 is 4.91. The molecule has 0 aliphatic heterocycles. The summed E-state index contributed by atoms with van der Waals surface area (Å²) in [6.45, 7) is 2.22. The molecule has 0 saturated heterocycles. The third kappa shape index (κ3) is 2.87. The van der Waals surface area contributed by atoms with Gasteiger partial charge in [0.15, 0.2) is 0 Å². The molecule has 4 nitrogen and oxygen atoms in total. The summed E-state index contributed by atoms with van der Waals surface area (Å²) in [5, 5.41) is 9.32. The van der Waals surface area contributed by atoms with Gasteiger partial charge in [-0.3, -0.25) is 0 Å². The normalized spacial score (nSPS) is 27.1. The maximum Gasteiger partial charge on any atom is 0.409 e. The van der Waals surface area contributed by atoms with E-state index in [1.165, 1.54) is 0 Å². The van der Waals surface area contributed by atoms with Crippen molar-refractivity contribution in [2.75, 3.05) is 13.7 Å². The van der Waals surface area contributed by atoms with Crippen molar-refractivity contribution < 1.29 is 14.6 Å². The molecule has 14 heavy (non-hydrogen) atoms. The monoisotopic (exact) mass is 201 g/mol. The Morgan fingerprint density at radius 1 is 1.43 bits per heavy atom. The van der Waals surface area contributed by atoms with Crippen molar-refractivity contribution in [2.24, 2.45) is 0 Å². The van der Waals surface area contributed by atoms with E-state index in [0.29, 0.717) is 6.61 Å². The maximum atomic E-state index is 11.4. The first-order chi connectivity index (χ1) is 6.65. The summed E-state index contributed by atoms with van der Waals surface area (Å²) in [5.41, 5.74) is 0. The van der Waals surface area contributed by atoms with Gasteiger partial charge in [-0.2, -0.15) is 0 Å². The molecule has 1 fully saturated rings. The van der Waals surface area contributed by atoms with E-state index in [1.54, 1.807) is 18.9 Å². The zero-order valence-electron chi connectivity index (χ0n) is 8.90. The fourth-order valence-corrected chi connectivity index (χ4v) is 1.82. The number of nitrogens with zero attached hydrogens (tertiary/aromatic N) is 1. The van der Waals surface area contributed by atoms with Crippen molar-refractivity contribution in [1.82, 2.24) is 4.90 Å². The number of rotatable bonds is 2. The van der Waals surface area contributed by atoms with Crippen LogP contribution in [0.2, 0.25) is 0 Å². The highest BCUT2D eigenvalue weighted by atomic mass is 16.6. The lowest BCUT2D eigenvalue weighted by molar-refractivity contribution is 0.0648. The van der Waals surface area contributed by atoms with Crippen LogP contribution < -0.4 is 0 Å². The molecule has 1 aliphatic rings. The van der Waals surface area contributed by atoms with E-state index in [9.17, 15) is 9.90 Å². The fraction of sp³-hybridized carbons (Fsp3) is 0.900. The lowest BCUT2D eigenvalue weighted by Gasteiger charge is -2.32. The number of hydrogen-bond donors (Lipinski definition) is 1. The molecule has 1 rings (SSSR count). The van der Waals surface area contributed by atoms with Crippen LogP contribution in [0.25, 0.3) is 0 Å². The molecule has 82 valence electrons. The van der Waals surface area contributed by atoms with E-state index in [2.05, 4.69) is 0 Å². The highest BCUT2D eigenvalue weighted by molar-refractivity contribution is 5.67. The van der Waals surface area contributed by atoms with Gasteiger partial charge in [-0.15, -0.1) is 0 Å². The van der Waals surface area contributed by atoms with Crippen LogP contribution in [0.1, 0.15) is 32.6 Å². The molecule has 0 aromatic heterocycles. The Hall–Kier alpha value is -0.770. The topological polar surface area (TPSA) is 49.8 Å². The van der Waals surface area contributed by atoms with Crippen LogP contribution >= 0.6 is 0 Å². The number of aliphatic hydroxyl groups is 1. The number of aliphatic hydroxyl groups excluding tert-OH is 1. The Balaban J connectivity index is 2.37. The molecule has 1 N–H and O–H groups in total. The van der Waals surface area contributed by atoms with E-state index in [4.69, 9.17) is 4.74 Å². The second kappa shape index (κ2) is 5.20. The molecular weight excluding hydrogens is 182 g/mol. The van der Waals surface area contributed by atoms with Crippen molar-refractivity contribution in [2.45, 2.75) is 44.8 Å². The van der Waals surface area contributed by atoms with E-state index in [-0.39, 0.29) is 18.2 Å². The van der Waals surface area contributed by atoms with Crippen molar-refractivity contribution >= 4 is 6.09 Å². The van der Waals surface area contributed by atoms with Gasteiger partial charge >= 0.3 is 6.09 Å². The molecule has 0 atom stereocenters. The lowest BCUT2D eigenvalue weighted by atomic mass is 9.92. The number of carbonyl (C=O) groups excluding carboxylic acids is 1. The van der Waals surface area contributed by atoms with Gasteiger partial charge in [0.25, 0.3) is 0 Å². The van der Waals surface area contributed by atoms with Gasteiger partial charge < -0.3 is 14.7 Å². The molecule has 1 saturated carbocycles. The zero-order valence-corrected chi connectivity index (χ0v) is 8.90. The van der Waals surface area contributed by atoms with Gasteiger partial charge in [-0.05, 0) is 32.6 Å². The molecule has 0 aromatic rings. The predicted molar refractivity (Wildman–Crippen MR) is 53.0 cm³/mol. The second-order valence-corrected chi connectivity index (χ2v) is 3.77. The third-order valence-electron chi connectivity index (χ3n) is 2.77. The summed E-state index contributed by atoms with van der Waals surface area (Å²) >= 11 is 0. The Labute approximate surface area is 84.8 Å². The van der Waals surface area contributed by atoms with Crippen LogP contribution in [0.15, 0.2) is 0 Å². The fourth-order valence-electron chi connectivity index (χ4n) is 1.82. The van der Waals surface area contributed by atoms with Crippen molar-refractivity contribution in [3.05, 3.63) is 0 Å². The minimum atomic E-state index is -0.256. The van der Waals surface area contributed by atoms with Gasteiger partial charge in [-0.25, -0.2) is 4.79 Å². The molecule has 0 spiro atoms. The van der Waals surface area contributed by atoms with Crippen molar-refractivity contribution in [1.29, 1.82) is 0 Å². The van der Waals surface area contributed by atoms with Crippen LogP contribution in [0, 0.1) is 0 Å².